The van der Waals surface area contributed by atoms with Crippen molar-refractivity contribution in [2.75, 3.05) is 4.90 Å². The number of non-ortho nitro benzene ring substituents is 1. The lowest BCUT2D eigenvalue weighted by Crippen LogP contribution is -2.48. The van der Waals surface area contributed by atoms with Crippen molar-refractivity contribution in [2.45, 2.75) is 18.0 Å². The third-order valence-corrected chi connectivity index (χ3v) is 9.03. The summed E-state index contributed by atoms with van der Waals surface area (Å²) in [7, 11) is 0. The van der Waals surface area contributed by atoms with E-state index in [9.17, 15) is 24.5 Å². The van der Waals surface area contributed by atoms with Crippen LogP contribution in [0.1, 0.15) is 48.1 Å². The zero-order valence-electron chi connectivity index (χ0n) is 21.4. The Labute approximate surface area is 243 Å². The van der Waals surface area contributed by atoms with Crippen molar-refractivity contribution in [3.8, 4) is 0 Å². The number of benzene rings is 4. The van der Waals surface area contributed by atoms with Crippen molar-refractivity contribution in [2.24, 2.45) is 5.41 Å². The summed E-state index contributed by atoms with van der Waals surface area (Å²) >= 11 is 3.52. The first-order valence-electron chi connectivity index (χ1n) is 13.1. The molecule has 2 aliphatic heterocycles. The van der Waals surface area contributed by atoms with Crippen LogP contribution in [0.2, 0.25) is 0 Å². The van der Waals surface area contributed by atoms with Gasteiger partial charge in [0.25, 0.3) is 5.69 Å². The van der Waals surface area contributed by atoms with Crippen LogP contribution >= 0.6 is 15.9 Å². The average Bonchev–Trinajstić information content (AvgIpc) is 3.43. The summed E-state index contributed by atoms with van der Waals surface area (Å²) in [6.07, 6.45) is 3.71. The van der Waals surface area contributed by atoms with Gasteiger partial charge in [0.1, 0.15) is 11.5 Å². The lowest BCUT2D eigenvalue weighted by atomic mass is 9.64. The molecule has 1 unspecified atom stereocenters. The maximum Gasteiger partial charge on any atom is 0.269 e. The maximum absolute atomic E-state index is 14.6. The number of hydrogen-bond donors (Lipinski definition) is 0. The van der Waals surface area contributed by atoms with Crippen LogP contribution in [-0.4, -0.2) is 34.4 Å². The molecule has 1 fully saturated rings. The van der Waals surface area contributed by atoms with Crippen LogP contribution in [0.25, 0.3) is 6.08 Å². The number of hydrogen-bond acceptors (Lipinski definition) is 6. The Balaban J connectivity index is 1.57. The summed E-state index contributed by atoms with van der Waals surface area (Å²) in [4.78, 5) is 57.1. The maximum atomic E-state index is 14.6. The van der Waals surface area contributed by atoms with Crippen LogP contribution < -0.4 is 4.90 Å². The van der Waals surface area contributed by atoms with E-state index in [4.69, 9.17) is 0 Å². The number of carbonyl (C=O) groups is 3. The number of Topliss-reactive ketones (excluding diaryl/α,β-unsaturated/α-hetero) is 3. The van der Waals surface area contributed by atoms with Gasteiger partial charge < -0.3 is 4.90 Å². The third kappa shape index (κ3) is 3.47. The van der Waals surface area contributed by atoms with Crippen LogP contribution in [0, 0.1) is 15.5 Å². The number of nitro benzene ring substituents is 1. The molecule has 3 atom stereocenters. The van der Waals surface area contributed by atoms with Crippen molar-refractivity contribution < 1.29 is 19.3 Å². The number of nitro groups is 1. The first kappa shape index (κ1) is 25.3. The van der Waals surface area contributed by atoms with E-state index in [0.717, 1.165) is 10.0 Å². The van der Waals surface area contributed by atoms with Crippen LogP contribution in [0.15, 0.2) is 108 Å². The molecule has 2 heterocycles. The van der Waals surface area contributed by atoms with Gasteiger partial charge in [-0.25, -0.2) is 0 Å². The largest absolute Gasteiger partial charge is 0.352 e. The molecule has 41 heavy (non-hydrogen) atoms. The van der Waals surface area contributed by atoms with E-state index in [2.05, 4.69) is 15.9 Å². The minimum Gasteiger partial charge on any atom is -0.352 e. The van der Waals surface area contributed by atoms with Crippen molar-refractivity contribution in [1.29, 1.82) is 0 Å². The van der Waals surface area contributed by atoms with Gasteiger partial charge in [-0.1, -0.05) is 94.8 Å². The van der Waals surface area contributed by atoms with Gasteiger partial charge in [0.15, 0.2) is 17.3 Å². The van der Waals surface area contributed by atoms with Crippen LogP contribution in [-0.2, 0) is 0 Å². The van der Waals surface area contributed by atoms with E-state index in [1.54, 1.807) is 60.7 Å². The van der Waals surface area contributed by atoms with Crippen molar-refractivity contribution in [3.63, 3.8) is 0 Å². The summed E-state index contributed by atoms with van der Waals surface area (Å²) in [5, 5.41) is 11.9. The minimum absolute atomic E-state index is 0.177. The normalized spacial score (nSPS) is 21.5. The molecule has 200 valence electrons. The molecule has 8 heteroatoms. The fraction of sp³-hybridized carbons (Fsp3) is 0.121. The highest BCUT2D eigenvalue weighted by molar-refractivity contribution is 9.10. The quantitative estimate of drug-likeness (QED) is 0.112. The molecule has 1 saturated heterocycles. The van der Waals surface area contributed by atoms with Crippen LogP contribution in [0.3, 0.4) is 0 Å². The van der Waals surface area contributed by atoms with E-state index in [0.29, 0.717) is 27.9 Å². The highest BCUT2D eigenvalue weighted by Crippen LogP contribution is 2.61. The number of ketones is 3. The SMILES string of the molecule is O=C(c1ccccc1)[C@H]1[C@H](c2cccc([N+](=O)[O-])c2)C2(C(=O)c3ccccc3C2=O)C2C=Cc3cc(Br)ccc3N21. The Morgan fingerprint density at radius 2 is 1.54 bits per heavy atom. The van der Waals surface area contributed by atoms with Crippen molar-refractivity contribution >= 4 is 50.7 Å². The number of rotatable bonds is 4. The molecule has 1 aliphatic carbocycles. The molecule has 0 radical (unpaired) electrons. The van der Waals surface area contributed by atoms with Crippen molar-refractivity contribution in [3.05, 3.63) is 146 Å². The van der Waals surface area contributed by atoms with Crippen molar-refractivity contribution in [1.82, 2.24) is 0 Å². The Morgan fingerprint density at radius 1 is 0.854 bits per heavy atom. The molecule has 0 saturated carbocycles. The summed E-state index contributed by atoms with van der Waals surface area (Å²) in [5.41, 5.74) is 1.06. The second-order valence-electron chi connectivity index (χ2n) is 10.5. The number of carbonyl (C=O) groups excluding carboxylic acids is 3. The number of fused-ring (bicyclic) bond motifs is 5. The molecule has 4 aromatic carbocycles. The summed E-state index contributed by atoms with van der Waals surface area (Å²) < 4.78 is 0.842. The van der Waals surface area contributed by atoms with Gasteiger partial charge in [0.05, 0.1) is 11.0 Å². The van der Waals surface area contributed by atoms with Crippen LogP contribution in [0.4, 0.5) is 11.4 Å². The first-order chi connectivity index (χ1) is 19.8. The average molecular weight is 605 g/mol. The van der Waals surface area contributed by atoms with E-state index in [-0.39, 0.29) is 23.0 Å². The predicted molar refractivity (Wildman–Crippen MR) is 157 cm³/mol. The van der Waals surface area contributed by atoms with Gasteiger partial charge in [-0.2, -0.15) is 0 Å². The standard InChI is InChI=1S/C33H21BrN2O5/c34-22-14-15-26-20(17-22)13-16-27-33(31(38)24-11-4-5-12-25(24)32(33)39)28(21-9-6-10-23(18-21)36(40)41)29(35(26)27)30(37)19-7-2-1-3-8-19/h1-18,27-29H/t27?,28-,29+/m0/s1. The summed E-state index contributed by atoms with van der Waals surface area (Å²) in [5.74, 6) is -2.03. The molecule has 7 nitrogen and oxygen atoms in total. The Hall–Kier alpha value is -4.69. The third-order valence-electron chi connectivity index (χ3n) is 8.53. The Morgan fingerprint density at radius 3 is 2.22 bits per heavy atom. The highest BCUT2D eigenvalue weighted by atomic mass is 79.9. The molecule has 1 spiro atoms. The monoisotopic (exact) mass is 604 g/mol. The smallest absolute Gasteiger partial charge is 0.269 e. The zero-order valence-corrected chi connectivity index (χ0v) is 23.0. The molecule has 0 amide bonds. The van der Waals surface area contributed by atoms with E-state index >= 15 is 0 Å². The van der Waals surface area contributed by atoms with Gasteiger partial charge in [-0.05, 0) is 29.3 Å². The molecule has 3 aliphatic rings. The summed E-state index contributed by atoms with van der Waals surface area (Å²) in [6.45, 7) is 0. The molecular formula is C33H21BrN2O5. The van der Waals surface area contributed by atoms with E-state index in [1.807, 2.05) is 41.3 Å². The lowest BCUT2D eigenvalue weighted by Gasteiger charge is -2.37. The number of anilines is 1. The zero-order chi connectivity index (χ0) is 28.5. The number of nitrogens with zero attached hydrogens (tertiary/aromatic N) is 2. The Bertz CT molecular complexity index is 1800. The lowest BCUT2D eigenvalue weighted by molar-refractivity contribution is -0.384. The van der Waals surface area contributed by atoms with Gasteiger partial charge in [-0.15, -0.1) is 0 Å². The fourth-order valence-electron chi connectivity index (χ4n) is 6.93. The van der Waals surface area contributed by atoms with Gasteiger partial charge in [-0.3, -0.25) is 24.5 Å². The first-order valence-corrected chi connectivity index (χ1v) is 13.9. The van der Waals surface area contributed by atoms with Gasteiger partial charge in [0.2, 0.25) is 0 Å². The van der Waals surface area contributed by atoms with Gasteiger partial charge in [0, 0.05) is 44.9 Å². The predicted octanol–water partition coefficient (Wildman–Crippen LogP) is 6.67. The van der Waals surface area contributed by atoms with Crippen LogP contribution in [0.5, 0.6) is 0 Å². The molecule has 7 rings (SSSR count). The fourth-order valence-corrected chi connectivity index (χ4v) is 7.30. The second-order valence-corrected chi connectivity index (χ2v) is 11.4. The topological polar surface area (TPSA) is 97.6 Å². The van der Waals surface area contributed by atoms with E-state index in [1.165, 1.54) is 12.1 Å². The second kappa shape index (κ2) is 9.17. The molecule has 4 aromatic rings. The van der Waals surface area contributed by atoms with Gasteiger partial charge >= 0.3 is 0 Å². The number of halogens is 1. The molecule has 0 N–H and O–H groups in total. The molecule has 0 bridgehead atoms. The summed E-state index contributed by atoms with van der Waals surface area (Å²) in [6, 6.07) is 25.3. The highest BCUT2D eigenvalue weighted by Gasteiger charge is 2.71. The molecular weight excluding hydrogens is 584 g/mol. The Kier molecular flexibility index (Phi) is 5.66. The minimum atomic E-state index is -1.71. The van der Waals surface area contributed by atoms with E-state index < -0.39 is 28.3 Å². The molecule has 0 aromatic heterocycles.